The number of aromatic nitrogens is 1. The minimum atomic E-state index is -0.192. The number of carbonyl (C=O) groups is 1. The van der Waals surface area contributed by atoms with Gasteiger partial charge in [-0.2, -0.15) is 0 Å². The van der Waals surface area contributed by atoms with Crippen molar-refractivity contribution >= 4 is 11.7 Å². The number of likely N-dealkylation sites (tertiary alicyclic amines) is 1. The average molecular weight is 364 g/mol. The van der Waals surface area contributed by atoms with Crippen LogP contribution in [0.2, 0.25) is 0 Å². The molecule has 1 atom stereocenters. The Kier molecular flexibility index (Phi) is 7.04. The van der Waals surface area contributed by atoms with E-state index in [0.29, 0.717) is 30.8 Å². The van der Waals surface area contributed by atoms with Crippen LogP contribution in [0.25, 0.3) is 0 Å². The van der Waals surface area contributed by atoms with Gasteiger partial charge in [-0.3, -0.25) is 4.90 Å². The van der Waals surface area contributed by atoms with Gasteiger partial charge in [0.1, 0.15) is 6.61 Å². The lowest BCUT2D eigenvalue weighted by Gasteiger charge is -2.35. The second-order valence-corrected chi connectivity index (χ2v) is 6.65. The number of nitrogens with zero attached hydrogens (tertiary/aromatic N) is 2. The van der Waals surface area contributed by atoms with Gasteiger partial charge in [-0.1, -0.05) is 0 Å². The molecule has 1 unspecified atom stereocenters. The number of nitrogens with one attached hydrogen (secondary N) is 2. The molecule has 1 aromatic heterocycles. The van der Waals surface area contributed by atoms with Gasteiger partial charge in [0.25, 0.3) is 0 Å². The third kappa shape index (κ3) is 5.55. The van der Waals surface area contributed by atoms with Crippen LogP contribution in [-0.2, 0) is 9.47 Å². The van der Waals surface area contributed by atoms with Crippen molar-refractivity contribution in [2.75, 3.05) is 51.9 Å². The van der Waals surface area contributed by atoms with Crippen LogP contribution in [0.1, 0.15) is 19.3 Å². The van der Waals surface area contributed by atoms with Gasteiger partial charge < -0.3 is 24.8 Å². The summed E-state index contributed by atoms with van der Waals surface area (Å²) in [6.07, 6.45) is 4.64. The van der Waals surface area contributed by atoms with Gasteiger partial charge in [0, 0.05) is 45.0 Å². The van der Waals surface area contributed by atoms with E-state index in [0.717, 1.165) is 45.6 Å². The van der Waals surface area contributed by atoms with E-state index in [9.17, 15) is 4.79 Å². The topological polar surface area (TPSA) is 85.0 Å². The molecule has 8 nitrogen and oxygen atoms in total. The summed E-state index contributed by atoms with van der Waals surface area (Å²) >= 11 is 0. The number of piperidine rings is 1. The molecule has 0 aliphatic carbocycles. The number of hydrogen-bond donors (Lipinski definition) is 2. The Balaban J connectivity index is 1.37. The molecule has 8 heteroatoms. The monoisotopic (exact) mass is 364 g/mol. The van der Waals surface area contributed by atoms with Crippen molar-refractivity contribution in [1.82, 2.24) is 15.2 Å². The highest BCUT2D eigenvalue weighted by Gasteiger charge is 2.28. The number of amides is 2. The lowest BCUT2D eigenvalue weighted by molar-refractivity contribution is 0.118. The average Bonchev–Trinajstić information content (AvgIpc) is 3.19. The van der Waals surface area contributed by atoms with Crippen molar-refractivity contribution in [3.8, 4) is 5.88 Å². The largest absolute Gasteiger partial charge is 0.475 e. The maximum absolute atomic E-state index is 12.2. The van der Waals surface area contributed by atoms with Gasteiger partial charge in [0.15, 0.2) is 0 Å². The summed E-state index contributed by atoms with van der Waals surface area (Å²) in [5.74, 6) is 0.510. The summed E-state index contributed by atoms with van der Waals surface area (Å²) in [7, 11) is 1.62. The standard InChI is InChI=1S/C18H28N4O4/c1-24-10-11-26-17-3-2-15(12-19-17)21-18(23)20-14-4-7-22(8-5-14)16-6-9-25-13-16/h2-3,12,14,16H,4-11,13H2,1H3,(H2,20,21,23). The first kappa shape index (κ1) is 18.9. The van der Waals surface area contributed by atoms with Crippen LogP contribution < -0.4 is 15.4 Å². The van der Waals surface area contributed by atoms with Crippen LogP contribution >= 0.6 is 0 Å². The van der Waals surface area contributed by atoms with Gasteiger partial charge in [-0.25, -0.2) is 9.78 Å². The van der Waals surface area contributed by atoms with Gasteiger partial charge >= 0.3 is 6.03 Å². The van der Waals surface area contributed by atoms with E-state index >= 15 is 0 Å². The molecule has 1 aromatic rings. The number of urea groups is 1. The normalized spacial score (nSPS) is 21.5. The van der Waals surface area contributed by atoms with Crippen LogP contribution in [0.15, 0.2) is 18.3 Å². The summed E-state index contributed by atoms with van der Waals surface area (Å²) in [4.78, 5) is 18.8. The third-order valence-corrected chi connectivity index (χ3v) is 4.82. The molecule has 2 aliphatic heterocycles. The number of hydrogen-bond acceptors (Lipinski definition) is 6. The molecule has 2 aliphatic rings. The van der Waals surface area contributed by atoms with Crippen LogP contribution in [0.5, 0.6) is 5.88 Å². The van der Waals surface area contributed by atoms with E-state index in [1.807, 2.05) is 0 Å². The molecular weight excluding hydrogens is 336 g/mol. The molecule has 2 amide bonds. The SMILES string of the molecule is COCCOc1ccc(NC(=O)NC2CCN(C3CCOC3)CC2)cn1. The lowest BCUT2D eigenvalue weighted by atomic mass is 10.0. The molecular formula is C18H28N4O4. The fraction of sp³-hybridized carbons (Fsp3) is 0.667. The Hall–Kier alpha value is -1.90. The van der Waals surface area contributed by atoms with Gasteiger partial charge in [-0.15, -0.1) is 0 Å². The van der Waals surface area contributed by atoms with Crippen LogP contribution in [0, 0.1) is 0 Å². The number of carbonyl (C=O) groups excluding carboxylic acids is 1. The van der Waals surface area contributed by atoms with Crippen molar-refractivity contribution in [3.05, 3.63) is 18.3 Å². The summed E-state index contributed by atoms with van der Waals surface area (Å²) in [6.45, 7) is 4.69. The van der Waals surface area contributed by atoms with Crippen LogP contribution in [0.4, 0.5) is 10.5 Å². The number of pyridine rings is 1. The highest BCUT2D eigenvalue weighted by atomic mass is 16.5. The molecule has 2 N–H and O–H groups in total. The summed E-state index contributed by atoms with van der Waals surface area (Å²) in [6, 6.07) is 4.08. The Bertz CT molecular complexity index is 555. The molecule has 0 saturated carbocycles. The van der Waals surface area contributed by atoms with E-state index in [1.54, 1.807) is 25.4 Å². The fourth-order valence-corrected chi connectivity index (χ4v) is 3.34. The van der Waals surface area contributed by atoms with E-state index in [-0.39, 0.29) is 12.1 Å². The van der Waals surface area contributed by atoms with Crippen molar-refractivity contribution in [1.29, 1.82) is 0 Å². The second kappa shape index (κ2) is 9.70. The van der Waals surface area contributed by atoms with E-state index in [4.69, 9.17) is 14.2 Å². The predicted molar refractivity (Wildman–Crippen MR) is 97.6 cm³/mol. The fourth-order valence-electron chi connectivity index (χ4n) is 3.34. The Labute approximate surface area is 154 Å². The molecule has 3 heterocycles. The highest BCUT2D eigenvalue weighted by Crippen LogP contribution is 2.19. The number of rotatable bonds is 7. The molecule has 2 fully saturated rings. The zero-order valence-corrected chi connectivity index (χ0v) is 15.3. The smallest absolute Gasteiger partial charge is 0.319 e. The second-order valence-electron chi connectivity index (χ2n) is 6.65. The van der Waals surface area contributed by atoms with Crippen LogP contribution in [0.3, 0.4) is 0 Å². The zero-order chi connectivity index (χ0) is 18.2. The van der Waals surface area contributed by atoms with E-state index < -0.39 is 0 Å². The van der Waals surface area contributed by atoms with Gasteiger partial charge in [0.2, 0.25) is 5.88 Å². The zero-order valence-electron chi connectivity index (χ0n) is 15.3. The molecule has 144 valence electrons. The first-order chi connectivity index (χ1) is 12.7. The van der Waals surface area contributed by atoms with Crippen molar-refractivity contribution in [2.24, 2.45) is 0 Å². The van der Waals surface area contributed by atoms with Crippen molar-refractivity contribution in [2.45, 2.75) is 31.3 Å². The quantitative estimate of drug-likeness (QED) is 0.713. The third-order valence-electron chi connectivity index (χ3n) is 4.82. The van der Waals surface area contributed by atoms with E-state index in [1.165, 1.54) is 0 Å². The molecule has 0 bridgehead atoms. The van der Waals surface area contributed by atoms with Gasteiger partial charge in [-0.05, 0) is 25.3 Å². The minimum absolute atomic E-state index is 0.192. The summed E-state index contributed by atoms with van der Waals surface area (Å²) < 4.78 is 15.8. The molecule has 0 spiro atoms. The predicted octanol–water partition coefficient (Wildman–Crippen LogP) is 1.48. The van der Waals surface area contributed by atoms with Gasteiger partial charge in [0.05, 0.1) is 25.1 Å². The minimum Gasteiger partial charge on any atom is -0.475 e. The molecule has 2 saturated heterocycles. The first-order valence-electron chi connectivity index (χ1n) is 9.21. The Morgan fingerprint density at radius 2 is 2.15 bits per heavy atom. The first-order valence-corrected chi connectivity index (χ1v) is 9.21. The van der Waals surface area contributed by atoms with Crippen molar-refractivity contribution in [3.63, 3.8) is 0 Å². The molecule has 0 aromatic carbocycles. The highest BCUT2D eigenvalue weighted by molar-refractivity contribution is 5.89. The van der Waals surface area contributed by atoms with Crippen molar-refractivity contribution < 1.29 is 19.0 Å². The Morgan fingerprint density at radius 1 is 1.31 bits per heavy atom. The molecule has 26 heavy (non-hydrogen) atoms. The molecule has 3 rings (SSSR count). The number of ether oxygens (including phenoxy) is 3. The number of methoxy groups -OCH3 is 1. The maximum atomic E-state index is 12.2. The maximum Gasteiger partial charge on any atom is 0.319 e. The molecule has 0 radical (unpaired) electrons. The number of anilines is 1. The summed E-state index contributed by atoms with van der Waals surface area (Å²) in [5, 5.41) is 5.88. The Morgan fingerprint density at radius 3 is 2.81 bits per heavy atom. The summed E-state index contributed by atoms with van der Waals surface area (Å²) in [5.41, 5.74) is 0.641. The van der Waals surface area contributed by atoms with E-state index in [2.05, 4.69) is 20.5 Å². The van der Waals surface area contributed by atoms with Crippen LogP contribution in [-0.4, -0.2) is 74.6 Å². The lowest BCUT2D eigenvalue weighted by Crippen LogP contribution is -2.49.